The molecule has 144 valence electrons. The van der Waals surface area contributed by atoms with Crippen molar-refractivity contribution in [1.82, 2.24) is 19.9 Å². The van der Waals surface area contributed by atoms with E-state index in [1.54, 1.807) is 6.20 Å². The highest BCUT2D eigenvalue weighted by molar-refractivity contribution is 7.14. The van der Waals surface area contributed by atoms with Gasteiger partial charge in [0.25, 0.3) is 0 Å². The van der Waals surface area contributed by atoms with Crippen molar-refractivity contribution in [2.24, 2.45) is 15.1 Å². The Morgan fingerprint density at radius 1 is 1.07 bits per heavy atom. The summed E-state index contributed by atoms with van der Waals surface area (Å²) in [5.41, 5.74) is 1.84. The van der Waals surface area contributed by atoms with E-state index in [1.165, 1.54) is 45.3 Å². The molecule has 9 nitrogen and oxygen atoms in total. The van der Waals surface area contributed by atoms with E-state index in [1.807, 2.05) is 27.7 Å². The Hall–Kier alpha value is -2.45. The van der Waals surface area contributed by atoms with Crippen molar-refractivity contribution in [3.8, 4) is 0 Å². The Morgan fingerprint density at radius 3 is 2.79 bits per heavy atom. The van der Waals surface area contributed by atoms with Crippen molar-refractivity contribution in [3.63, 3.8) is 0 Å². The molecule has 4 rings (SSSR count). The van der Waals surface area contributed by atoms with Crippen LogP contribution in [0, 0.1) is 0 Å². The zero-order valence-electron chi connectivity index (χ0n) is 14.1. The maximum absolute atomic E-state index is 8.96. The van der Waals surface area contributed by atoms with Crippen LogP contribution >= 0.6 is 45.3 Å². The van der Waals surface area contributed by atoms with Crippen molar-refractivity contribution >= 4 is 61.3 Å². The number of aliphatic hydroxyl groups is 1. The van der Waals surface area contributed by atoms with Crippen LogP contribution in [0.2, 0.25) is 0 Å². The molecule has 0 amide bonds. The van der Waals surface area contributed by atoms with Gasteiger partial charge in [0.15, 0.2) is 15.3 Å². The van der Waals surface area contributed by atoms with Crippen molar-refractivity contribution in [3.05, 3.63) is 54.9 Å². The molecule has 28 heavy (non-hydrogen) atoms. The summed E-state index contributed by atoms with van der Waals surface area (Å²) in [6.45, 7) is -0.0316. The zero-order chi connectivity index (χ0) is 19.2. The highest BCUT2D eigenvalue weighted by atomic mass is 32.1. The van der Waals surface area contributed by atoms with Crippen LogP contribution < -0.4 is 9.60 Å². The van der Waals surface area contributed by atoms with E-state index in [0.29, 0.717) is 32.2 Å². The molecule has 4 aromatic heterocycles. The summed E-state index contributed by atoms with van der Waals surface area (Å²) in [7, 11) is 0. The Kier molecular flexibility index (Phi) is 6.18. The highest BCUT2D eigenvalue weighted by Crippen LogP contribution is 2.21. The van der Waals surface area contributed by atoms with Crippen LogP contribution in [0.1, 0.15) is 11.4 Å². The van der Waals surface area contributed by atoms with Crippen LogP contribution in [-0.4, -0.2) is 44.0 Å². The summed E-state index contributed by atoms with van der Waals surface area (Å²) < 4.78 is 0. The molecule has 0 aliphatic carbocycles. The number of aromatic nitrogens is 4. The van der Waals surface area contributed by atoms with Gasteiger partial charge in [0.05, 0.1) is 12.3 Å². The van der Waals surface area contributed by atoms with Gasteiger partial charge in [-0.15, -0.1) is 45.3 Å². The van der Waals surface area contributed by atoms with Crippen LogP contribution in [-0.2, 0) is 4.84 Å². The normalized spacial score (nSPS) is 13.4. The number of aromatic amines is 2. The molecule has 0 atom stereocenters. The fraction of sp³-hybridized carbons (Fsp3) is 0.133. The molecule has 0 unspecified atom stereocenters. The number of hydrogen-bond acceptors (Lipinski definition) is 11. The monoisotopic (exact) mass is 451 g/mol. The minimum atomic E-state index is -0.124. The molecule has 4 heterocycles. The number of oxime groups is 1. The molecule has 0 radical (unpaired) electrons. The van der Waals surface area contributed by atoms with Crippen LogP contribution in [0.15, 0.2) is 49.1 Å². The molecule has 13 heteroatoms. The number of nitrogens with one attached hydrogen (secondary N) is 2. The molecule has 0 saturated heterocycles. The molecule has 0 saturated carbocycles. The molecule has 0 spiro atoms. The second-order valence-electron chi connectivity index (χ2n) is 5.00. The molecule has 0 bridgehead atoms. The van der Waals surface area contributed by atoms with Gasteiger partial charge < -0.3 is 19.9 Å². The number of aliphatic hydroxyl groups excluding tert-OH is 1. The second kappa shape index (κ2) is 9.16. The van der Waals surface area contributed by atoms with Gasteiger partial charge in [-0.3, -0.25) is 0 Å². The third kappa shape index (κ3) is 4.69. The average molecular weight is 452 g/mol. The molecule has 0 aliphatic rings. The number of nitrogens with zero attached hydrogens (tertiary/aromatic N) is 5. The van der Waals surface area contributed by atoms with Gasteiger partial charge in [-0.1, -0.05) is 5.16 Å². The van der Waals surface area contributed by atoms with Gasteiger partial charge in [-0.05, 0) is 0 Å². The van der Waals surface area contributed by atoms with Gasteiger partial charge in [0.1, 0.15) is 12.3 Å². The predicted octanol–water partition coefficient (Wildman–Crippen LogP) is 2.60. The Labute approximate surface area is 174 Å². The average Bonchev–Trinajstić information content (AvgIpc) is 3.49. The van der Waals surface area contributed by atoms with Gasteiger partial charge in [0.2, 0.25) is 10.3 Å². The van der Waals surface area contributed by atoms with E-state index in [4.69, 9.17) is 9.94 Å². The van der Waals surface area contributed by atoms with Gasteiger partial charge in [-0.25, -0.2) is 9.97 Å². The minimum Gasteiger partial charge on any atom is -0.393 e. The summed E-state index contributed by atoms with van der Waals surface area (Å²) in [6, 6.07) is 0. The van der Waals surface area contributed by atoms with Crippen LogP contribution in [0.5, 0.6) is 0 Å². The molecule has 0 fully saturated rings. The first-order valence-corrected chi connectivity index (χ1v) is 11.4. The molecule has 0 aliphatic heterocycles. The third-order valence-corrected chi connectivity index (χ3v) is 6.00. The maximum atomic E-state index is 8.96. The fourth-order valence-electron chi connectivity index (χ4n) is 2.01. The third-order valence-electron chi connectivity index (χ3n) is 3.13. The SMILES string of the molecule is OCCO/N=C(/c1csc(/N=c2\[nH]ccs2)n1)c1cs/c(=N/c2nccs2)[nH]1. The number of hydrogen-bond donors (Lipinski definition) is 3. The van der Waals surface area contributed by atoms with E-state index in [2.05, 4.69) is 35.1 Å². The van der Waals surface area contributed by atoms with E-state index >= 15 is 0 Å². The lowest BCUT2D eigenvalue weighted by molar-refractivity contribution is 0.0988. The summed E-state index contributed by atoms with van der Waals surface area (Å²) in [4.78, 5) is 30.5. The molecule has 3 N–H and O–H groups in total. The number of rotatable bonds is 7. The van der Waals surface area contributed by atoms with E-state index in [-0.39, 0.29) is 13.2 Å². The van der Waals surface area contributed by atoms with E-state index < -0.39 is 0 Å². The van der Waals surface area contributed by atoms with E-state index in [9.17, 15) is 0 Å². The van der Waals surface area contributed by atoms with Crippen molar-refractivity contribution in [1.29, 1.82) is 0 Å². The quantitative estimate of drug-likeness (QED) is 0.227. The smallest absolute Gasteiger partial charge is 0.212 e. The summed E-state index contributed by atoms with van der Waals surface area (Å²) >= 11 is 5.78. The topological polar surface area (TPSA) is 124 Å². The lowest BCUT2D eigenvalue weighted by atomic mass is 10.2. The molecular weight excluding hydrogens is 438 g/mol. The Balaban J connectivity index is 1.67. The highest BCUT2D eigenvalue weighted by Gasteiger charge is 2.14. The van der Waals surface area contributed by atoms with Gasteiger partial charge in [0, 0.05) is 33.9 Å². The maximum Gasteiger partial charge on any atom is 0.212 e. The van der Waals surface area contributed by atoms with E-state index in [0.717, 1.165) is 4.80 Å². The predicted molar refractivity (Wildman–Crippen MR) is 111 cm³/mol. The van der Waals surface area contributed by atoms with Gasteiger partial charge >= 0.3 is 0 Å². The lowest BCUT2D eigenvalue weighted by Gasteiger charge is -2.01. The van der Waals surface area contributed by atoms with Crippen molar-refractivity contribution in [2.75, 3.05) is 13.2 Å². The minimum absolute atomic E-state index is 0.0928. The summed E-state index contributed by atoms with van der Waals surface area (Å²) in [5.74, 6) is 0. The Morgan fingerprint density at radius 2 is 2.00 bits per heavy atom. The first-order valence-electron chi connectivity index (χ1n) is 7.88. The zero-order valence-corrected chi connectivity index (χ0v) is 17.4. The van der Waals surface area contributed by atoms with Gasteiger partial charge in [-0.2, -0.15) is 9.98 Å². The first-order chi connectivity index (χ1) is 13.8. The number of H-pyrrole nitrogens is 2. The fourth-order valence-corrected chi connectivity index (χ4v) is 4.56. The van der Waals surface area contributed by atoms with Crippen molar-refractivity contribution in [2.45, 2.75) is 0 Å². The molecular formula is C15H13N7O2S4. The summed E-state index contributed by atoms with van der Waals surface area (Å²) in [5, 5.41) is 21.9. The molecule has 0 aromatic carbocycles. The molecule has 4 aromatic rings. The summed E-state index contributed by atoms with van der Waals surface area (Å²) in [6.07, 6.45) is 3.53. The van der Waals surface area contributed by atoms with Crippen LogP contribution in [0.25, 0.3) is 0 Å². The first kappa shape index (κ1) is 18.9. The Bertz CT molecular complexity index is 1160. The van der Waals surface area contributed by atoms with Crippen LogP contribution in [0.3, 0.4) is 0 Å². The van der Waals surface area contributed by atoms with Crippen LogP contribution in [0.4, 0.5) is 10.3 Å². The second-order valence-corrected chi connectivity index (χ2v) is 8.46. The standard InChI is InChI=1S/C15H13N7O2S4/c23-3-4-24-22-11(9-7-27-14(18-9)20-12-16-1-5-25-12)10-8-28-15(19-10)21-13-17-2-6-26-13/h1-2,5-8,23H,3-4H2,(H,16,18,20)(H,17,19,21). The lowest BCUT2D eigenvalue weighted by Crippen LogP contribution is -2.09. The largest absolute Gasteiger partial charge is 0.393 e. The number of thiazole rings is 4. The van der Waals surface area contributed by atoms with Crippen molar-refractivity contribution < 1.29 is 9.94 Å².